The molecule has 1 unspecified atom stereocenters. The summed E-state index contributed by atoms with van der Waals surface area (Å²) in [5.41, 5.74) is 2.34. The molecule has 0 radical (unpaired) electrons. The zero-order valence-electron chi connectivity index (χ0n) is 22.0. The monoisotopic (exact) mass is 502 g/mol. The van der Waals surface area contributed by atoms with Crippen LogP contribution in [0.25, 0.3) is 6.08 Å². The zero-order valence-corrected chi connectivity index (χ0v) is 22.0. The smallest absolute Gasteiger partial charge is 0.159 e. The number of benzene rings is 3. The highest BCUT2D eigenvalue weighted by molar-refractivity contribution is 5.94. The Labute approximate surface area is 218 Å². The van der Waals surface area contributed by atoms with Gasteiger partial charge in [-0.15, -0.1) is 0 Å². The van der Waals surface area contributed by atoms with Crippen molar-refractivity contribution in [2.24, 2.45) is 0 Å². The van der Waals surface area contributed by atoms with Crippen LogP contribution in [-0.2, 0) is 4.79 Å². The highest BCUT2D eigenvalue weighted by Crippen LogP contribution is 2.17. The van der Waals surface area contributed by atoms with E-state index in [1.165, 1.54) is 13.8 Å². The van der Waals surface area contributed by atoms with Crippen LogP contribution in [0.5, 0.6) is 17.2 Å². The van der Waals surface area contributed by atoms with Crippen molar-refractivity contribution >= 4 is 23.4 Å². The van der Waals surface area contributed by atoms with Crippen molar-refractivity contribution in [2.45, 2.75) is 40.2 Å². The molecule has 37 heavy (non-hydrogen) atoms. The lowest BCUT2D eigenvalue weighted by molar-refractivity contribution is -0.112. The summed E-state index contributed by atoms with van der Waals surface area (Å²) in [5.74, 6) is 2.42. The molecule has 0 amide bonds. The zero-order chi connectivity index (χ0) is 27.2. The van der Waals surface area contributed by atoms with Gasteiger partial charge in [0.2, 0.25) is 0 Å². The molecule has 6 nitrogen and oxygen atoms in total. The number of carbonyl (C=O) groups is 3. The maximum Gasteiger partial charge on any atom is 0.159 e. The third-order valence-corrected chi connectivity index (χ3v) is 5.28. The third-order valence-electron chi connectivity index (χ3n) is 5.28. The van der Waals surface area contributed by atoms with Crippen molar-refractivity contribution in [3.05, 3.63) is 95.6 Å². The van der Waals surface area contributed by atoms with E-state index in [1.54, 1.807) is 74.7 Å². The number of methoxy groups -OCH3 is 1. The number of allylic oxidation sites excluding steroid dienone is 1. The van der Waals surface area contributed by atoms with Crippen molar-refractivity contribution in [3.8, 4) is 17.2 Å². The average Bonchev–Trinajstić information content (AvgIpc) is 2.88. The average molecular weight is 503 g/mol. The predicted molar refractivity (Wildman–Crippen MR) is 146 cm³/mol. The van der Waals surface area contributed by atoms with E-state index in [0.29, 0.717) is 17.7 Å². The molecule has 194 valence electrons. The van der Waals surface area contributed by atoms with Gasteiger partial charge in [-0.05, 0) is 100.0 Å². The van der Waals surface area contributed by atoms with Gasteiger partial charge < -0.3 is 14.2 Å². The Hall–Kier alpha value is -4.19. The first-order valence-electron chi connectivity index (χ1n) is 12.0. The highest BCUT2D eigenvalue weighted by Gasteiger charge is 2.06. The SMILES string of the molecule is CC(=O)c1ccc(OCCC(C)Oc2ccc(C(C)=O)cc2)cc1.COc1ccc(/C=C/C(C)=O)cc1. The van der Waals surface area contributed by atoms with Crippen LogP contribution in [0.15, 0.2) is 78.9 Å². The Kier molecular flexibility index (Phi) is 11.8. The molecule has 3 aromatic rings. The fourth-order valence-corrected chi connectivity index (χ4v) is 3.12. The maximum absolute atomic E-state index is 11.2. The second-order valence-corrected chi connectivity index (χ2v) is 8.44. The molecule has 0 aromatic heterocycles. The van der Waals surface area contributed by atoms with Crippen molar-refractivity contribution in [3.63, 3.8) is 0 Å². The van der Waals surface area contributed by atoms with Crippen LogP contribution in [0.3, 0.4) is 0 Å². The molecule has 6 heteroatoms. The van der Waals surface area contributed by atoms with Crippen molar-refractivity contribution < 1.29 is 28.6 Å². The molecule has 0 fully saturated rings. The van der Waals surface area contributed by atoms with Gasteiger partial charge in [0.25, 0.3) is 0 Å². The fourth-order valence-electron chi connectivity index (χ4n) is 3.12. The minimum Gasteiger partial charge on any atom is -0.497 e. The normalized spacial score (nSPS) is 11.2. The van der Waals surface area contributed by atoms with Gasteiger partial charge in [-0.25, -0.2) is 0 Å². The van der Waals surface area contributed by atoms with Gasteiger partial charge in [0.05, 0.1) is 19.8 Å². The van der Waals surface area contributed by atoms with Crippen molar-refractivity contribution in [1.29, 1.82) is 0 Å². The van der Waals surface area contributed by atoms with Crippen LogP contribution in [0.1, 0.15) is 60.4 Å². The molecule has 3 rings (SSSR count). The highest BCUT2D eigenvalue weighted by atomic mass is 16.5. The van der Waals surface area contributed by atoms with Gasteiger partial charge in [0.15, 0.2) is 17.3 Å². The molecule has 1 atom stereocenters. The lowest BCUT2D eigenvalue weighted by Crippen LogP contribution is -2.15. The summed E-state index contributed by atoms with van der Waals surface area (Å²) in [7, 11) is 1.63. The standard InChI is InChI=1S/C20H22O4.C11H12O2/c1-14(24-20-10-6-18(7-11-20)16(3)22)12-13-23-19-8-4-17(5-9-19)15(2)21;1-9(12)3-4-10-5-7-11(13-2)8-6-10/h4-11,14H,12-13H2,1-3H3;3-8H,1-2H3/b;4-3+. The summed E-state index contributed by atoms with van der Waals surface area (Å²) in [5, 5.41) is 0. The molecule has 0 aliphatic heterocycles. The van der Waals surface area contributed by atoms with Crippen LogP contribution in [0.4, 0.5) is 0 Å². The van der Waals surface area contributed by atoms with Gasteiger partial charge in [-0.2, -0.15) is 0 Å². The molecule has 0 bridgehead atoms. The molecule has 3 aromatic carbocycles. The fraction of sp³-hybridized carbons (Fsp3) is 0.258. The minimum atomic E-state index is -0.00956. The van der Waals surface area contributed by atoms with Gasteiger partial charge in [0, 0.05) is 17.5 Å². The largest absolute Gasteiger partial charge is 0.497 e. The molecular formula is C31H34O6. The lowest BCUT2D eigenvalue weighted by Gasteiger charge is -2.15. The second kappa shape index (κ2) is 15.0. The molecule has 0 saturated heterocycles. The molecule has 0 spiro atoms. The van der Waals surface area contributed by atoms with E-state index >= 15 is 0 Å². The Morgan fingerprint density at radius 3 is 1.68 bits per heavy atom. The summed E-state index contributed by atoms with van der Waals surface area (Å²) in [6.07, 6.45) is 4.04. The molecule has 0 heterocycles. The van der Waals surface area contributed by atoms with Crippen molar-refractivity contribution in [1.82, 2.24) is 0 Å². The molecular weight excluding hydrogens is 468 g/mol. The lowest BCUT2D eigenvalue weighted by atomic mass is 10.1. The third kappa shape index (κ3) is 10.9. The van der Waals surface area contributed by atoms with Gasteiger partial charge in [0.1, 0.15) is 17.2 Å². The van der Waals surface area contributed by atoms with Crippen LogP contribution in [0, 0.1) is 0 Å². The van der Waals surface area contributed by atoms with Crippen LogP contribution in [0.2, 0.25) is 0 Å². The first-order valence-corrected chi connectivity index (χ1v) is 12.0. The quantitative estimate of drug-likeness (QED) is 0.216. The summed E-state index contributed by atoms with van der Waals surface area (Å²) in [4.78, 5) is 33.1. The maximum atomic E-state index is 11.2. The predicted octanol–water partition coefficient (Wildman–Crippen LogP) is 6.63. The number of hydrogen-bond donors (Lipinski definition) is 0. The number of hydrogen-bond acceptors (Lipinski definition) is 6. The number of carbonyl (C=O) groups excluding carboxylic acids is 3. The van der Waals surface area contributed by atoms with Crippen LogP contribution >= 0.6 is 0 Å². The summed E-state index contributed by atoms with van der Waals surface area (Å²) < 4.78 is 16.5. The van der Waals surface area contributed by atoms with E-state index in [2.05, 4.69) is 0 Å². The van der Waals surface area contributed by atoms with E-state index in [9.17, 15) is 14.4 Å². The number of rotatable bonds is 11. The summed E-state index contributed by atoms with van der Waals surface area (Å²) in [6.45, 7) is 7.10. The van der Waals surface area contributed by atoms with Crippen LogP contribution in [-0.4, -0.2) is 37.2 Å². The van der Waals surface area contributed by atoms with E-state index in [-0.39, 0.29) is 23.5 Å². The Balaban J connectivity index is 0.000000312. The Bertz CT molecular complexity index is 1180. The molecule has 0 aliphatic carbocycles. The minimum absolute atomic E-state index is 0.00956. The van der Waals surface area contributed by atoms with E-state index in [1.807, 2.05) is 31.2 Å². The van der Waals surface area contributed by atoms with E-state index < -0.39 is 0 Å². The number of ether oxygens (including phenoxy) is 3. The van der Waals surface area contributed by atoms with E-state index in [0.717, 1.165) is 29.2 Å². The number of Topliss-reactive ketones (excluding diaryl/α,β-unsaturated/α-hetero) is 2. The Morgan fingerprint density at radius 1 is 0.730 bits per heavy atom. The first kappa shape index (κ1) is 29.0. The van der Waals surface area contributed by atoms with Gasteiger partial charge in [-0.1, -0.05) is 18.2 Å². The topological polar surface area (TPSA) is 78.9 Å². The molecule has 0 saturated carbocycles. The van der Waals surface area contributed by atoms with Crippen LogP contribution < -0.4 is 14.2 Å². The first-order chi connectivity index (χ1) is 17.7. The summed E-state index contributed by atoms with van der Waals surface area (Å²) >= 11 is 0. The number of ketones is 3. The van der Waals surface area contributed by atoms with Crippen molar-refractivity contribution in [2.75, 3.05) is 13.7 Å². The summed E-state index contributed by atoms with van der Waals surface area (Å²) in [6, 6.07) is 21.8. The van der Waals surface area contributed by atoms with Gasteiger partial charge >= 0.3 is 0 Å². The van der Waals surface area contributed by atoms with E-state index in [4.69, 9.17) is 14.2 Å². The van der Waals surface area contributed by atoms with Gasteiger partial charge in [-0.3, -0.25) is 14.4 Å². The Morgan fingerprint density at radius 2 is 1.22 bits per heavy atom. The molecule has 0 N–H and O–H groups in total. The second-order valence-electron chi connectivity index (χ2n) is 8.44. The molecule has 0 aliphatic rings.